The second kappa shape index (κ2) is 7.10. The molecule has 1 aromatic carbocycles. The van der Waals surface area contributed by atoms with Crippen LogP contribution >= 0.6 is 0 Å². The Labute approximate surface area is 122 Å². The smallest absolute Gasteiger partial charge is 0.133 e. The van der Waals surface area contributed by atoms with Crippen molar-refractivity contribution in [1.29, 1.82) is 0 Å². The monoisotopic (exact) mass is 309 g/mol. The van der Waals surface area contributed by atoms with E-state index in [0.29, 0.717) is 0 Å². The Balaban J connectivity index is 0.00000162. The van der Waals surface area contributed by atoms with Crippen LogP contribution in [-0.4, -0.2) is 19.6 Å². The van der Waals surface area contributed by atoms with Gasteiger partial charge in [-0.25, -0.2) is 0 Å². The maximum atomic E-state index is 3.95. The van der Waals surface area contributed by atoms with E-state index in [1.165, 1.54) is 37.8 Å². The lowest BCUT2D eigenvalue weighted by atomic mass is 9.92. The van der Waals surface area contributed by atoms with Crippen molar-refractivity contribution >= 4 is 5.69 Å². The van der Waals surface area contributed by atoms with Crippen molar-refractivity contribution in [2.24, 2.45) is 0 Å². The largest absolute Gasteiger partial charge is 1.00 e. The van der Waals surface area contributed by atoms with Crippen molar-refractivity contribution in [3.8, 4) is 0 Å². The first kappa shape index (κ1) is 15.5. The molecule has 0 unspecified atom stereocenters. The molecule has 0 aromatic heterocycles. The zero-order valence-corrected chi connectivity index (χ0v) is 12.9. The molecule has 0 heterocycles. The molecule has 18 heavy (non-hydrogen) atoms. The van der Waals surface area contributed by atoms with Gasteiger partial charge in [0, 0.05) is 0 Å². The van der Waals surface area contributed by atoms with Crippen LogP contribution in [0.4, 0.5) is 5.69 Å². The summed E-state index contributed by atoms with van der Waals surface area (Å²) >= 11 is 0. The SMILES string of the molecule is C=CC[N@+](C)(c1ccccc1)C1CCCCC1.[Br-]. The summed E-state index contributed by atoms with van der Waals surface area (Å²) < 4.78 is 1.03. The van der Waals surface area contributed by atoms with E-state index in [9.17, 15) is 0 Å². The minimum Gasteiger partial charge on any atom is -1.00 e. The first-order chi connectivity index (χ1) is 8.27. The van der Waals surface area contributed by atoms with Crippen molar-refractivity contribution in [3.63, 3.8) is 0 Å². The molecule has 100 valence electrons. The highest BCUT2D eigenvalue weighted by Crippen LogP contribution is 2.32. The summed E-state index contributed by atoms with van der Waals surface area (Å²) in [6.45, 7) is 4.99. The first-order valence-electron chi connectivity index (χ1n) is 6.79. The van der Waals surface area contributed by atoms with Crippen LogP contribution in [-0.2, 0) is 0 Å². The zero-order valence-electron chi connectivity index (χ0n) is 11.3. The molecule has 1 aromatic rings. The lowest BCUT2D eigenvalue weighted by molar-refractivity contribution is -0.00000357. The molecular formula is C16H24BrN. The van der Waals surface area contributed by atoms with Gasteiger partial charge >= 0.3 is 0 Å². The molecule has 1 aliphatic carbocycles. The van der Waals surface area contributed by atoms with Crippen molar-refractivity contribution in [1.82, 2.24) is 4.48 Å². The van der Waals surface area contributed by atoms with E-state index < -0.39 is 0 Å². The predicted octanol–water partition coefficient (Wildman–Crippen LogP) is 1.15. The maximum Gasteiger partial charge on any atom is 0.133 e. The van der Waals surface area contributed by atoms with Crippen molar-refractivity contribution in [2.45, 2.75) is 38.1 Å². The van der Waals surface area contributed by atoms with Gasteiger partial charge in [-0.1, -0.05) is 31.2 Å². The van der Waals surface area contributed by atoms with Gasteiger partial charge in [0.15, 0.2) is 0 Å². The van der Waals surface area contributed by atoms with Crippen LogP contribution in [0.1, 0.15) is 32.1 Å². The van der Waals surface area contributed by atoms with Gasteiger partial charge in [-0.2, -0.15) is 0 Å². The number of halogens is 1. The third kappa shape index (κ3) is 3.24. The van der Waals surface area contributed by atoms with E-state index in [2.05, 4.69) is 50.0 Å². The molecule has 1 nitrogen and oxygen atoms in total. The fourth-order valence-corrected chi connectivity index (χ4v) is 3.15. The molecule has 1 aliphatic rings. The van der Waals surface area contributed by atoms with Gasteiger partial charge in [0.1, 0.15) is 12.2 Å². The molecule has 0 N–H and O–H groups in total. The van der Waals surface area contributed by atoms with E-state index >= 15 is 0 Å². The summed E-state index contributed by atoms with van der Waals surface area (Å²) in [5.41, 5.74) is 1.43. The molecule has 2 heteroatoms. The maximum absolute atomic E-state index is 3.95. The molecule has 2 rings (SSSR count). The molecule has 1 atom stereocenters. The van der Waals surface area contributed by atoms with Crippen LogP contribution in [0.15, 0.2) is 43.0 Å². The first-order valence-corrected chi connectivity index (χ1v) is 6.79. The van der Waals surface area contributed by atoms with Crippen molar-refractivity contribution in [3.05, 3.63) is 43.0 Å². The highest BCUT2D eigenvalue weighted by molar-refractivity contribution is 5.43. The van der Waals surface area contributed by atoms with E-state index in [-0.39, 0.29) is 17.0 Å². The highest BCUT2D eigenvalue weighted by Gasteiger charge is 2.34. The molecule has 1 fully saturated rings. The lowest BCUT2D eigenvalue weighted by Crippen LogP contribution is -3.00. The minimum atomic E-state index is 0. The zero-order chi connectivity index (χ0) is 12.1. The molecule has 0 spiro atoms. The van der Waals surface area contributed by atoms with Gasteiger partial charge < -0.3 is 17.0 Å². The van der Waals surface area contributed by atoms with Gasteiger partial charge in [0.2, 0.25) is 0 Å². The number of likely N-dealkylation sites (N-methyl/N-ethyl adjacent to an activating group) is 1. The Kier molecular flexibility index (Phi) is 6.10. The fourth-order valence-electron chi connectivity index (χ4n) is 3.15. The van der Waals surface area contributed by atoms with Crippen LogP contribution < -0.4 is 21.5 Å². The van der Waals surface area contributed by atoms with Gasteiger partial charge in [-0.3, -0.25) is 4.48 Å². The molecule has 1 saturated carbocycles. The normalized spacial score (nSPS) is 19.6. The van der Waals surface area contributed by atoms with Crippen LogP contribution in [0.2, 0.25) is 0 Å². The second-order valence-corrected chi connectivity index (χ2v) is 5.37. The number of benzene rings is 1. The third-order valence-corrected chi connectivity index (χ3v) is 4.24. The van der Waals surface area contributed by atoms with Crippen LogP contribution in [0.5, 0.6) is 0 Å². The van der Waals surface area contributed by atoms with E-state index in [1.807, 2.05) is 0 Å². The summed E-state index contributed by atoms with van der Waals surface area (Å²) in [6, 6.07) is 11.7. The quantitative estimate of drug-likeness (QED) is 0.578. The third-order valence-electron chi connectivity index (χ3n) is 4.24. The second-order valence-electron chi connectivity index (χ2n) is 5.37. The molecule has 0 bridgehead atoms. The van der Waals surface area contributed by atoms with Crippen molar-refractivity contribution in [2.75, 3.05) is 13.6 Å². The number of hydrogen-bond donors (Lipinski definition) is 0. The summed E-state index contributed by atoms with van der Waals surface area (Å²) in [6.07, 6.45) is 8.99. The Morgan fingerprint density at radius 1 is 1.17 bits per heavy atom. The number of para-hydroxylation sites is 1. The van der Waals surface area contributed by atoms with E-state index in [4.69, 9.17) is 0 Å². The van der Waals surface area contributed by atoms with Gasteiger partial charge in [0.05, 0.1) is 13.1 Å². The van der Waals surface area contributed by atoms with Crippen molar-refractivity contribution < 1.29 is 17.0 Å². The Morgan fingerprint density at radius 3 is 2.33 bits per heavy atom. The molecule has 0 aliphatic heterocycles. The average Bonchev–Trinajstić information content (AvgIpc) is 2.41. The molecule has 0 radical (unpaired) electrons. The van der Waals surface area contributed by atoms with Crippen LogP contribution in [0.25, 0.3) is 0 Å². The van der Waals surface area contributed by atoms with E-state index in [0.717, 1.165) is 17.1 Å². The minimum absolute atomic E-state index is 0. The topological polar surface area (TPSA) is 0 Å². The van der Waals surface area contributed by atoms with Crippen LogP contribution in [0, 0.1) is 0 Å². The molecular weight excluding hydrogens is 286 g/mol. The Morgan fingerprint density at radius 2 is 1.78 bits per heavy atom. The van der Waals surface area contributed by atoms with Crippen LogP contribution in [0.3, 0.4) is 0 Å². The van der Waals surface area contributed by atoms with E-state index in [1.54, 1.807) is 0 Å². The summed E-state index contributed by atoms with van der Waals surface area (Å²) in [5.74, 6) is 0. The fraction of sp³-hybridized carbons (Fsp3) is 0.500. The summed E-state index contributed by atoms with van der Waals surface area (Å²) in [5, 5.41) is 0. The number of rotatable bonds is 4. The number of nitrogens with zero attached hydrogens (tertiary/aromatic N) is 1. The number of quaternary nitrogens is 1. The predicted molar refractivity (Wildman–Crippen MR) is 76.1 cm³/mol. The standard InChI is InChI=1S/C16H24N.BrH/c1-3-14-17(2,15-10-6-4-7-11-15)16-12-8-5-9-13-16;/h3-4,6-7,10-11,16H,1,5,8-9,12-14H2,2H3;1H/q+1;/p-1/t17-;/m1./s1. The van der Waals surface area contributed by atoms with Gasteiger partial charge in [-0.15, -0.1) is 0 Å². The Bertz CT molecular complexity index is 357. The summed E-state index contributed by atoms with van der Waals surface area (Å²) in [4.78, 5) is 0. The lowest BCUT2D eigenvalue weighted by Gasteiger charge is -2.42. The van der Waals surface area contributed by atoms with Gasteiger partial charge in [0.25, 0.3) is 0 Å². The number of hydrogen-bond acceptors (Lipinski definition) is 0. The Hall–Kier alpha value is -0.600. The molecule has 0 saturated heterocycles. The average molecular weight is 310 g/mol. The molecule has 0 amide bonds. The summed E-state index contributed by atoms with van der Waals surface area (Å²) in [7, 11) is 2.37. The highest BCUT2D eigenvalue weighted by atomic mass is 79.9. The van der Waals surface area contributed by atoms with Gasteiger partial charge in [-0.05, 0) is 43.9 Å².